The summed E-state index contributed by atoms with van der Waals surface area (Å²) in [5, 5.41) is 11.6. The lowest BCUT2D eigenvalue weighted by molar-refractivity contribution is -0.141. The van der Waals surface area contributed by atoms with E-state index >= 15 is 0 Å². The molecule has 1 amide bonds. The van der Waals surface area contributed by atoms with Crippen LogP contribution in [0.1, 0.15) is 55.8 Å². The molecular weight excluding hydrogens is 349 g/mol. The molecule has 0 aliphatic carbocycles. The molecule has 0 unspecified atom stereocenters. The number of nitrogens with zero attached hydrogens (tertiary/aromatic N) is 6. The number of carbonyl (C=O) groups is 1. The Labute approximate surface area is 148 Å². The molecule has 0 spiro atoms. The number of alkyl halides is 3. The number of hydrogen-bond donors (Lipinski definition) is 0. The number of aromatic nitrogens is 5. The van der Waals surface area contributed by atoms with Crippen LogP contribution >= 0.6 is 0 Å². The lowest BCUT2D eigenvalue weighted by atomic mass is 10.1. The standard InChI is InChI=1S/C16H21F3N6O/c1-15(2,3)25-10-12(20-22-25)14(26)23-7-4-11(5-8-23)24-9-6-13(21-24)16(17,18)19/h6,9-11H,4-5,7-8H2,1-3H3. The van der Waals surface area contributed by atoms with Crippen molar-refractivity contribution in [2.75, 3.05) is 13.1 Å². The van der Waals surface area contributed by atoms with Gasteiger partial charge in [0.2, 0.25) is 0 Å². The van der Waals surface area contributed by atoms with Crippen molar-refractivity contribution in [2.45, 2.75) is 51.4 Å². The maximum Gasteiger partial charge on any atom is 0.435 e. The second-order valence-electron chi connectivity index (χ2n) is 7.42. The molecule has 0 saturated carbocycles. The molecular formula is C16H21F3N6O. The topological polar surface area (TPSA) is 68.8 Å². The summed E-state index contributed by atoms with van der Waals surface area (Å²) in [5.74, 6) is -0.213. The molecule has 3 heterocycles. The molecule has 0 N–H and O–H groups in total. The Morgan fingerprint density at radius 3 is 2.35 bits per heavy atom. The number of piperidine rings is 1. The van der Waals surface area contributed by atoms with E-state index in [-0.39, 0.29) is 23.2 Å². The Morgan fingerprint density at radius 1 is 1.19 bits per heavy atom. The fourth-order valence-corrected chi connectivity index (χ4v) is 2.88. The maximum absolute atomic E-state index is 12.7. The predicted molar refractivity (Wildman–Crippen MR) is 86.4 cm³/mol. The normalized spacial score (nSPS) is 16.9. The molecule has 0 bridgehead atoms. The van der Waals surface area contributed by atoms with Crippen molar-refractivity contribution in [3.05, 3.63) is 29.8 Å². The third-order valence-electron chi connectivity index (χ3n) is 4.42. The van der Waals surface area contributed by atoms with Gasteiger partial charge in [-0.25, -0.2) is 4.68 Å². The quantitative estimate of drug-likeness (QED) is 0.815. The third kappa shape index (κ3) is 3.73. The fourth-order valence-electron chi connectivity index (χ4n) is 2.88. The van der Waals surface area contributed by atoms with E-state index in [0.717, 1.165) is 6.07 Å². The summed E-state index contributed by atoms with van der Waals surface area (Å²) >= 11 is 0. The molecule has 26 heavy (non-hydrogen) atoms. The van der Waals surface area contributed by atoms with Crippen molar-refractivity contribution in [1.82, 2.24) is 29.7 Å². The van der Waals surface area contributed by atoms with Crippen molar-refractivity contribution < 1.29 is 18.0 Å². The number of halogens is 3. The largest absolute Gasteiger partial charge is 0.435 e. The van der Waals surface area contributed by atoms with E-state index in [2.05, 4.69) is 15.4 Å². The summed E-state index contributed by atoms with van der Waals surface area (Å²) < 4.78 is 41.0. The predicted octanol–water partition coefficient (Wildman–Crippen LogP) is 2.73. The molecule has 1 aliphatic rings. The van der Waals surface area contributed by atoms with Crippen LogP contribution in [0.15, 0.2) is 18.5 Å². The van der Waals surface area contributed by atoms with Gasteiger partial charge in [-0.2, -0.15) is 18.3 Å². The van der Waals surface area contributed by atoms with Crippen LogP contribution < -0.4 is 0 Å². The summed E-state index contributed by atoms with van der Waals surface area (Å²) in [4.78, 5) is 14.2. The zero-order valence-corrected chi connectivity index (χ0v) is 14.9. The summed E-state index contributed by atoms with van der Waals surface area (Å²) in [5.41, 5.74) is -0.888. The van der Waals surface area contributed by atoms with Crippen LogP contribution in [-0.2, 0) is 11.7 Å². The highest BCUT2D eigenvalue weighted by Crippen LogP contribution is 2.29. The Kier molecular flexibility index (Phi) is 4.53. The van der Waals surface area contributed by atoms with Gasteiger partial charge in [0.15, 0.2) is 11.4 Å². The molecule has 1 saturated heterocycles. The van der Waals surface area contributed by atoms with Gasteiger partial charge < -0.3 is 4.90 Å². The first-order valence-corrected chi connectivity index (χ1v) is 8.40. The molecule has 3 rings (SSSR count). The van der Waals surface area contributed by atoms with Gasteiger partial charge in [-0.05, 0) is 39.7 Å². The molecule has 2 aromatic rings. The average Bonchev–Trinajstić information content (AvgIpc) is 3.23. The Morgan fingerprint density at radius 2 is 1.85 bits per heavy atom. The van der Waals surface area contributed by atoms with Crippen molar-refractivity contribution in [3.63, 3.8) is 0 Å². The summed E-state index contributed by atoms with van der Waals surface area (Å²) in [6.07, 6.45) is -0.394. The molecule has 0 aromatic carbocycles. The molecule has 0 radical (unpaired) electrons. The monoisotopic (exact) mass is 370 g/mol. The van der Waals surface area contributed by atoms with Gasteiger partial charge in [0, 0.05) is 19.3 Å². The zero-order chi connectivity index (χ0) is 19.1. The molecule has 7 nitrogen and oxygen atoms in total. The summed E-state index contributed by atoms with van der Waals surface area (Å²) in [6, 6.07) is 0.822. The minimum atomic E-state index is -4.44. The minimum Gasteiger partial charge on any atom is -0.337 e. The molecule has 2 aromatic heterocycles. The van der Waals surface area contributed by atoms with E-state index < -0.39 is 11.9 Å². The van der Waals surface area contributed by atoms with Crippen LogP contribution in [0.4, 0.5) is 13.2 Å². The van der Waals surface area contributed by atoms with E-state index in [1.54, 1.807) is 15.8 Å². The van der Waals surface area contributed by atoms with Gasteiger partial charge in [0.25, 0.3) is 5.91 Å². The first-order chi connectivity index (χ1) is 12.1. The Bertz CT molecular complexity index is 780. The van der Waals surface area contributed by atoms with Crippen molar-refractivity contribution in [2.24, 2.45) is 0 Å². The van der Waals surface area contributed by atoms with Gasteiger partial charge in [-0.3, -0.25) is 9.48 Å². The van der Waals surface area contributed by atoms with E-state index in [9.17, 15) is 18.0 Å². The highest BCUT2D eigenvalue weighted by atomic mass is 19.4. The van der Waals surface area contributed by atoms with Gasteiger partial charge in [-0.15, -0.1) is 5.10 Å². The minimum absolute atomic E-state index is 0.152. The van der Waals surface area contributed by atoms with Crippen molar-refractivity contribution in [1.29, 1.82) is 0 Å². The number of rotatable bonds is 2. The van der Waals surface area contributed by atoms with Crippen LogP contribution in [0.25, 0.3) is 0 Å². The van der Waals surface area contributed by atoms with Crippen LogP contribution in [-0.4, -0.2) is 48.7 Å². The van der Waals surface area contributed by atoms with Crippen LogP contribution in [0.5, 0.6) is 0 Å². The maximum atomic E-state index is 12.7. The van der Waals surface area contributed by atoms with Gasteiger partial charge in [-0.1, -0.05) is 5.21 Å². The molecule has 0 atom stereocenters. The highest BCUT2D eigenvalue weighted by Gasteiger charge is 2.35. The molecule has 10 heteroatoms. The number of hydrogen-bond acceptors (Lipinski definition) is 4. The lowest BCUT2D eigenvalue weighted by Gasteiger charge is -2.31. The van der Waals surface area contributed by atoms with Crippen molar-refractivity contribution >= 4 is 5.91 Å². The van der Waals surface area contributed by atoms with Crippen LogP contribution in [0, 0.1) is 0 Å². The Hall–Kier alpha value is -2.39. The number of likely N-dealkylation sites (tertiary alicyclic amines) is 1. The van der Waals surface area contributed by atoms with E-state index in [1.165, 1.54) is 10.9 Å². The SMILES string of the molecule is CC(C)(C)n1cc(C(=O)N2CCC(n3ccc(C(F)(F)F)n3)CC2)nn1. The molecule has 142 valence electrons. The zero-order valence-electron chi connectivity index (χ0n) is 14.9. The molecule has 1 aliphatic heterocycles. The van der Waals surface area contributed by atoms with Crippen molar-refractivity contribution in [3.8, 4) is 0 Å². The summed E-state index contributed by atoms with van der Waals surface area (Å²) in [6.45, 7) is 6.75. The van der Waals surface area contributed by atoms with Crippen LogP contribution in [0.2, 0.25) is 0 Å². The highest BCUT2D eigenvalue weighted by molar-refractivity contribution is 5.92. The van der Waals surface area contributed by atoms with Crippen LogP contribution in [0.3, 0.4) is 0 Å². The first-order valence-electron chi connectivity index (χ1n) is 8.40. The fraction of sp³-hybridized carbons (Fsp3) is 0.625. The lowest BCUT2D eigenvalue weighted by Crippen LogP contribution is -2.39. The second-order valence-corrected chi connectivity index (χ2v) is 7.42. The average molecular weight is 370 g/mol. The van der Waals surface area contributed by atoms with E-state index in [4.69, 9.17) is 0 Å². The van der Waals surface area contributed by atoms with E-state index in [0.29, 0.717) is 25.9 Å². The van der Waals surface area contributed by atoms with E-state index in [1.807, 2.05) is 20.8 Å². The van der Waals surface area contributed by atoms with Gasteiger partial charge >= 0.3 is 6.18 Å². The number of amides is 1. The first kappa shape index (κ1) is 18.4. The van der Waals surface area contributed by atoms with Gasteiger partial charge in [0.1, 0.15) is 0 Å². The molecule has 1 fully saturated rings. The summed E-state index contributed by atoms with van der Waals surface area (Å²) in [7, 11) is 0. The number of carbonyl (C=O) groups excluding carboxylic acids is 1. The second kappa shape index (κ2) is 6.40. The van der Waals surface area contributed by atoms with Gasteiger partial charge in [0.05, 0.1) is 17.8 Å². The third-order valence-corrected chi connectivity index (χ3v) is 4.42. The smallest absolute Gasteiger partial charge is 0.337 e. The Balaban J connectivity index is 1.62.